The Bertz CT molecular complexity index is 977. The first-order valence-corrected chi connectivity index (χ1v) is 9.80. The van der Waals surface area contributed by atoms with E-state index in [1.165, 1.54) is 12.1 Å². The molecule has 3 aromatic carbocycles. The Morgan fingerprint density at radius 1 is 0.806 bits per heavy atom. The number of benzene rings is 3. The lowest BCUT2D eigenvalue weighted by Crippen LogP contribution is -2.31. The van der Waals surface area contributed by atoms with Gasteiger partial charge in [-0.05, 0) is 60.5 Å². The number of hydrogen-bond acceptors (Lipinski definition) is 5. The van der Waals surface area contributed by atoms with Crippen LogP contribution in [-0.4, -0.2) is 31.6 Å². The molecule has 160 valence electrons. The molecule has 3 rings (SSSR count). The molecule has 0 bridgehead atoms. The summed E-state index contributed by atoms with van der Waals surface area (Å²) in [5.41, 5.74) is 2.76. The molecule has 31 heavy (non-hydrogen) atoms. The van der Waals surface area contributed by atoms with Gasteiger partial charge in [-0.3, -0.25) is 4.79 Å². The van der Waals surface area contributed by atoms with Crippen molar-refractivity contribution in [2.75, 3.05) is 25.1 Å². The number of hydrogen-bond donors (Lipinski definition) is 2. The van der Waals surface area contributed by atoms with E-state index >= 15 is 0 Å². The van der Waals surface area contributed by atoms with Gasteiger partial charge in [0.05, 0.1) is 0 Å². The minimum atomic E-state index is -0.639. The minimum Gasteiger partial charge on any atom is -0.482 e. The third-order valence-electron chi connectivity index (χ3n) is 4.29. The Hall–Kier alpha value is -3.87. The summed E-state index contributed by atoms with van der Waals surface area (Å²) in [5, 5.41) is 5.89. The largest absolute Gasteiger partial charge is 0.482 e. The summed E-state index contributed by atoms with van der Waals surface area (Å²) in [6.45, 7) is -0.318. The molecule has 6 nitrogen and oxygen atoms in total. The predicted molar refractivity (Wildman–Crippen MR) is 116 cm³/mol. The second-order valence-electron chi connectivity index (χ2n) is 6.69. The molecule has 0 radical (unpaired) electrons. The van der Waals surface area contributed by atoms with Gasteiger partial charge in [-0.15, -0.1) is 0 Å². The predicted octanol–water partition coefficient (Wildman–Crippen LogP) is 3.85. The molecule has 0 spiro atoms. The number of carbonyl (C=O) groups excluding carboxylic acids is 2. The van der Waals surface area contributed by atoms with E-state index in [0.29, 0.717) is 18.7 Å². The highest BCUT2D eigenvalue weighted by atomic mass is 19.1. The van der Waals surface area contributed by atoms with Gasteiger partial charge in [-0.2, -0.15) is 0 Å². The summed E-state index contributed by atoms with van der Waals surface area (Å²) in [6.07, 6.45) is 0.554. The van der Waals surface area contributed by atoms with Crippen molar-refractivity contribution in [2.24, 2.45) is 0 Å². The smallest absolute Gasteiger partial charge is 0.344 e. The SMILES string of the molecule is O=C(COC(=O)COc1ccc(Nc2ccccc2)cc1)NCCc1ccc(F)cc1. The van der Waals surface area contributed by atoms with Crippen LogP contribution in [0.4, 0.5) is 15.8 Å². The quantitative estimate of drug-likeness (QED) is 0.486. The van der Waals surface area contributed by atoms with Crippen molar-refractivity contribution in [2.45, 2.75) is 6.42 Å². The Morgan fingerprint density at radius 2 is 1.48 bits per heavy atom. The highest BCUT2D eigenvalue weighted by molar-refractivity contribution is 5.80. The van der Waals surface area contributed by atoms with Crippen molar-refractivity contribution in [3.63, 3.8) is 0 Å². The Labute approximate surface area is 180 Å². The van der Waals surface area contributed by atoms with Gasteiger partial charge in [-0.25, -0.2) is 9.18 Å². The molecule has 0 saturated carbocycles. The lowest BCUT2D eigenvalue weighted by atomic mass is 10.1. The number of anilines is 2. The molecule has 1 amide bonds. The van der Waals surface area contributed by atoms with Gasteiger partial charge >= 0.3 is 5.97 Å². The molecule has 0 unspecified atom stereocenters. The van der Waals surface area contributed by atoms with Crippen molar-refractivity contribution in [1.82, 2.24) is 5.32 Å². The van der Waals surface area contributed by atoms with Crippen LogP contribution in [0.3, 0.4) is 0 Å². The summed E-state index contributed by atoms with van der Waals surface area (Å²) in [7, 11) is 0. The number of nitrogens with one attached hydrogen (secondary N) is 2. The van der Waals surface area contributed by atoms with E-state index in [0.717, 1.165) is 16.9 Å². The van der Waals surface area contributed by atoms with Crippen molar-refractivity contribution >= 4 is 23.3 Å². The van der Waals surface area contributed by atoms with E-state index in [9.17, 15) is 14.0 Å². The lowest BCUT2D eigenvalue weighted by molar-refractivity contribution is -0.150. The number of rotatable bonds is 10. The van der Waals surface area contributed by atoms with Crippen LogP contribution in [-0.2, 0) is 20.7 Å². The Balaban J connectivity index is 1.31. The normalized spacial score (nSPS) is 10.2. The number of esters is 1. The fraction of sp³-hybridized carbons (Fsp3) is 0.167. The average Bonchev–Trinajstić information content (AvgIpc) is 2.79. The number of carbonyl (C=O) groups is 2. The van der Waals surface area contributed by atoms with Gasteiger partial charge in [0.25, 0.3) is 5.91 Å². The van der Waals surface area contributed by atoms with E-state index in [2.05, 4.69) is 10.6 Å². The van der Waals surface area contributed by atoms with Crippen LogP contribution in [0.1, 0.15) is 5.56 Å². The summed E-state index contributed by atoms with van der Waals surface area (Å²) in [6, 6.07) is 22.9. The number of halogens is 1. The second kappa shape index (κ2) is 11.3. The molecule has 0 aromatic heterocycles. The lowest BCUT2D eigenvalue weighted by Gasteiger charge is -2.09. The van der Waals surface area contributed by atoms with E-state index in [-0.39, 0.29) is 19.0 Å². The summed E-state index contributed by atoms with van der Waals surface area (Å²) >= 11 is 0. The van der Waals surface area contributed by atoms with Crippen LogP contribution in [0.15, 0.2) is 78.9 Å². The maximum atomic E-state index is 12.9. The molecule has 0 aliphatic carbocycles. The topological polar surface area (TPSA) is 76.7 Å². The molecule has 3 aromatic rings. The zero-order chi connectivity index (χ0) is 21.9. The third kappa shape index (κ3) is 7.81. The number of para-hydroxylation sites is 1. The van der Waals surface area contributed by atoms with Gasteiger partial charge in [0.1, 0.15) is 11.6 Å². The van der Waals surface area contributed by atoms with Crippen LogP contribution < -0.4 is 15.4 Å². The van der Waals surface area contributed by atoms with E-state index in [4.69, 9.17) is 9.47 Å². The minimum absolute atomic E-state index is 0.297. The van der Waals surface area contributed by atoms with Crippen LogP contribution in [0.5, 0.6) is 5.75 Å². The molecule has 0 aliphatic heterocycles. The zero-order valence-corrected chi connectivity index (χ0v) is 16.8. The Morgan fingerprint density at radius 3 is 2.19 bits per heavy atom. The third-order valence-corrected chi connectivity index (χ3v) is 4.29. The van der Waals surface area contributed by atoms with Crippen LogP contribution in [0.25, 0.3) is 0 Å². The van der Waals surface area contributed by atoms with E-state index < -0.39 is 11.9 Å². The van der Waals surface area contributed by atoms with Gasteiger partial charge in [0, 0.05) is 17.9 Å². The maximum Gasteiger partial charge on any atom is 0.344 e. The Kier molecular flexibility index (Phi) is 7.99. The maximum absolute atomic E-state index is 12.9. The van der Waals surface area contributed by atoms with Crippen molar-refractivity contribution in [1.29, 1.82) is 0 Å². The number of ether oxygens (including phenoxy) is 2. The summed E-state index contributed by atoms with van der Waals surface area (Å²) in [4.78, 5) is 23.5. The molecule has 0 heterocycles. The second-order valence-corrected chi connectivity index (χ2v) is 6.69. The van der Waals surface area contributed by atoms with Crippen LogP contribution >= 0.6 is 0 Å². The molecule has 2 N–H and O–H groups in total. The summed E-state index contributed by atoms with van der Waals surface area (Å²) in [5.74, 6) is -0.840. The zero-order valence-electron chi connectivity index (χ0n) is 16.8. The molecule has 0 saturated heterocycles. The molecular weight excluding hydrogens is 399 g/mol. The van der Waals surface area contributed by atoms with Gasteiger partial charge in [0.15, 0.2) is 13.2 Å². The van der Waals surface area contributed by atoms with Gasteiger partial charge < -0.3 is 20.1 Å². The summed E-state index contributed by atoms with van der Waals surface area (Å²) < 4.78 is 23.1. The van der Waals surface area contributed by atoms with Crippen molar-refractivity contribution in [3.05, 3.63) is 90.2 Å². The first-order chi connectivity index (χ1) is 15.1. The fourth-order valence-corrected chi connectivity index (χ4v) is 2.70. The number of amides is 1. The first-order valence-electron chi connectivity index (χ1n) is 9.80. The van der Waals surface area contributed by atoms with Crippen molar-refractivity contribution < 1.29 is 23.5 Å². The van der Waals surface area contributed by atoms with Crippen LogP contribution in [0.2, 0.25) is 0 Å². The highest BCUT2D eigenvalue weighted by Gasteiger charge is 2.08. The van der Waals surface area contributed by atoms with Crippen molar-refractivity contribution in [3.8, 4) is 5.75 Å². The van der Waals surface area contributed by atoms with E-state index in [1.807, 2.05) is 42.5 Å². The monoisotopic (exact) mass is 422 g/mol. The highest BCUT2D eigenvalue weighted by Crippen LogP contribution is 2.19. The molecule has 0 aliphatic rings. The first kappa shape index (κ1) is 21.8. The van der Waals surface area contributed by atoms with Crippen LogP contribution in [0, 0.1) is 5.82 Å². The van der Waals surface area contributed by atoms with Gasteiger partial charge in [-0.1, -0.05) is 30.3 Å². The molecule has 0 atom stereocenters. The van der Waals surface area contributed by atoms with E-state index in [1.54, 1.807) is 24.3 Å². The fourth-order valence-electron chi connectivity index (χ4n) is 2.70. The van der Waals surface area contributed by atoms with Gasteiger partial charge in [0.2, 0.25) is 0 Å². The molecule has 0 fully saturated rings. The standard InChI is InChI=1S/C24H23FN2O4/c25-19-8-6-18(7-9-19)14-15-26-23(28)16-31-24(29)17-30-22-12-10-21(11-13-22)27-20-4-2-1-3-5-20/h1-13,27H,14-17H2,(H,26,28). The molecule has 7 heteroatoms. The average molecular weight is 422 g/mol. The molecular formula is C24H23FN2O4.